The first-order valence-electron chi connectivity index (χ1n) is 6.14. The van der Waals surface area contributed by atoms with Crippen LogP contribution in [0.4, 0.5) is 0 Å². The molecule has 0 saturated carbocycles. The Morgan fingerprint density at radius 3 is 2.20 bits per heavy atom. The van der Waals surface area contributed by atoms with Crippen molar-refractivity contribution in [3.63, 3.8) is 0 Å². The van der Waals surface area contributed by atoms with E-state index in [0.29, 0.717) is 24.7 Å². The quantitative estimate of drug-likeness (QED) is 0.718. The predicted octanol–water partition coefficient (Wildman–Crippen LogP) is 2.09. The lowest BCUT2D eigenvalue weighted by Gasteiger charge is -2.10. The first-order chi connectivity index (χ1) is 9.92. The highest BCUT2D eigenvalue weighted by molar-refractivity contribution is 5.39. The van der Waals surface area contributed by atoms with E-state index in [2.05, 4.69) is 26.0 Å². The van der Waals surface area contributed by atoms with Crippen molar-refractivity contribution in [2.45, 2.75) is 13.2 Å². The summed E-state index contributed by atoms with van der Waals surface area (Å²) in [7, 11) is 0. The van der Waals surface area contributed by atoms with E-state index < -0.39 is 0 Å². The number of hydrogen-bond acceptors (Lipinski definition) is 4. The van der Waals surface area contributed by atoms with Gasteiger partial charge >= 0.3 is 0 Å². The van der Waals surface area contributed by atoms with Crippen molar-refractivity contribution >= 4 is 0 Å². The monoisotopic (exact) mass is 269 g/mol. The van der Waals surface area contributed by atoms with Gasteiger partial charge in [-0.15, -0.1) is 0 Å². The molecule has 2 heterocycles. The van der Waals surface area contributed by atoms with Gasteiger partial charge in [0.15, 0.2) is 11.5 Å². The molecule has 1 aromatic carbocycles. The fraction of sp³-hybridized carbons (Fsp3) is 0.143. The minimum atomic E-state index is 0.349. The average molecular weight is 269 g/mol. The molecule has 0 aliphatic heterocycles. The van der Waals surface area contributed by atoms with Crippen LogP contribution in [0.25, 0.3) is 0 Å². The normalized spacial score (nSPS) is 10.4. The van der Waals surface area contributed by atoms with Gasteiger partial charge in [-0.1, -0.05) is 6.07 Å². The number of nitrogens with one attached hydrogen (secondary N) is 2. The van der Waals surface area contributed by atoms with Crippen LogP contribution in [0, 0.1) is 6.07 Å². The maximum absolute atomic E-state index is 5.68. The molecule has 3 rings (SSSR count). The standard InChI is InChI=1S/C14H13N4O2/c1-2-4-12(20-10-14-17-7-8-18-14)11(3-1)19-9-13-15-5-6-16-13/h1,3-8H,9-10H2,(H,15,16)(H,17,18). The summed E-state index contributed by atoms with van der Waals surface area (Å²) in [5.41, 5.74) is 0. The highest BCUT2D eigenvalue weighted by Gasteiger charge is 2.06. The maximum Gasteiger partial charge on any atom is 0.162 e. The number of H-pyrrole nitrogens is 2. The van der Waals surface area contributed by atoms with Crippen LogP contribution in [0.3, 0.4) is 0 Å². The molecule has 0 unspecified atom stereocenters. The van der Waals surface area contributed by atoms with Crippen LogP contribution in [0.2, 0.25) is 0 Å². The molecule has 0 fully saturated rings. The van der Waals surface area contributed by atoms with Crippen molar-refractivity contribution < 1.29 is 9.47 Å². The first-order valence-corrected chi connectivity index (χ1v) is 6.14. The minimum Gasteiger partial charge on any atom is -0.482 e. The zero-order valence-corrected chi connectivity index (χ0v) is 10.7. The molecule has 0 aliphatic rings. The molecule has 20 heavy (non-hydrogen) atoms. The molecule has 2 aromatic heterocycles. The number of hydrogen-bond donors (Lipinski definition) is 2. The molecule has 0 atom stereocenters. The van der Waals surface area contributed by atoms with Crippen molar-refractivity contribution in [2.24, 2.45) is 0 Å². The number of nitrogens with zero attached hydrogens (tertiary/aromatic N) is 2. The topological polar surface area (TPSA) is 75.8 Å². The van der Waals surface area contributed by atoms with E-state index in [0.717, 1.165) is 11.6 Å². The summed E-state index contributed by atoms with van der Waals surface area (Å²) in [5, 5.41) is 0. The van der Waals surface area contributed by atoms with E-state index in [1.807, 2.05) is 0 Å². The third-order valence-corrected chi connectivity index (χ3v) is 2.63. The lowest BCUT2D eigenvalue weighted by molar-refractivity contribution is 0.248. The van der Waals surface area contributed by atoms with Crippen molar-refractivity contribution in [1.82, 2.24) is 19.9 Å². The second-order valence-corrected chi connectivity index (χ2v) is 4.02. The third-order valence-electron chi connectivity index (χ3n) is 2.63. The lowest BCUT2D eigenvalue weighted by Crippen LogP contribution is -2.02. The number of imidazole rings is 2. The highest BCUT2D eigenvalue weighted by Crippen LogP contribution is 2.27. The molecule has 0 bridgehead atoms. The van der Waals surface area contributed by atoms with Gasteiger partial charge in [-0.3, -0.25) is 0 Å². The number of rotatable bonds is 6. The van der Waals surface area contributed by atoms with Gasteiger partial charge in [0.1, 0.15) is 24.9 Å². The van der Waals surface area contributed by atoms with Crippen LogP contribution in [0.1, 0.15) is 11.6 Å². The zero-order chi connectivity index (χ0) is 13.6. The Morgan fingerprint density at radius 1 is 0.950 bits per heavy atom. The van der Waals surface area contributed by atoms with Crippen molar-refractivity contribution in [1.29, 1.82) is 0 Å². The number of ether oxygens (including phenoxy) is 2. The van der Waals surface area contributed by atoms with Gasteiger partial charge in [-0.2, -0.15) is 0 Å². The largest absolute Gasteiger partial charge is 0.482 e. The van der Waals surface area contributed by atoms with E-state index in [-0.39, 0.29) is 0 Å². The summed E-state index contributed by atoms with van der Waals surface area (Å²) in [6.45, 7) is 0.704. The SMILES string of the molecule is [c]1ccc(OCc2ncc[nH]2)c(OCc2ncc[nH]2)c1. The van der Waals surface area contributed by atoms with Gasteiger partial charge in [0.25, 0.3) is 0 Å². The molecule has 6 nitrogen and oxygen atoms in total. The first kappa shape index (κ1) is 12.3. The Morgan fingerprint density at radius 2 is 1.60 bits per heavy atom. The van der Waals surface area contributed by atoms with Gasteiger partial charge < -0.3 is 19.4 Å². The highest BCUT2D eigenvalue weighted by atomic mass is 16.5. The van der Waals surface area contributed by atoms with Crippen LogP contribution in [0.15, 0.2) is 43.0 Å². The molecule has 0 aliphatic carbocycles. The smallest absolute Gasteiger partial charge is 0.162 e. The zero-order valence-electron chi connectivity index (χ0n) is 10.7. The summed E-state index contributed by atoms with van der Waals surface area (Å²) in [4.78, 5) is 14.2. The molecular weight excluding hydrogens is 256 g/mol. The molecule has 2 N–H and O–H groups in total. The summed E-state index contributed by atoms with van der Waals surface area (Å²) in [6.07, 6.45) is 6.88. The summed E-state index contributed by atoms with van der Waals surface area (Å²) in [6, 6.07) is 8.28. The van der Waals surface area contributed by atoms with Gasteiger partial charge in [0.05, 0.1) is 0 Å². The van der Waals surface area contributed by atoms with E-state index in [1.54, 1.807) is 43.0 Å². The summed E-state index contributed by atoms with van der Waals surface area (Å²) >= 11 is 0. The Kier molecular flexibility index (Phi) is 3.64. The maximum atomic E-state index is 5.68. The molecule has 0 amide bonds. The average Bonchev–Trinajstić information content (AvgIpc) is 3.17. The Labute approximate surface area is 115 Å². The van der Waals surface area contributed by atoms with E-state index >= 15 is 0 Å². The molecule has 0 spiro atoms. The van der Waals surface area contributed by atoms with Gasteiger partial charge in [0.2, 0.25) is 0 Å². The number of aromatic amines is 2. The molecular formula is C14H13N4O2. The second-order valence-electron chi connectivity index (χ2n) is 4.02. The van der Waals surface area contributed by atoms with E-state index in [4.69, 9.17) is 9.47 Å². The number of benzene rings is 1. The molecule has 0 saturated heterocycles. The lowest BCUT2D eigenvalue weighted by atomic mass is 10.3. The summed E-state index contributed by atoms with van der Waals surface area (Å²) < 4.78 is 11.4. The van der Waals surface area contributed by atoms with Gasteiger partial charge in [-0.05, 0) is 18.2 Å². The van der Waals surface area contributed by atoms with Crippen LogP contribution >= 0.6 is 0 Å². The summed E-state index contributed by atoms with van der Waals surface area (Å²) in [5.74, 6) is 2.78. The third kappa shape index (κ3) is 2.97. The molecule has 6 heteroatoms. The van der Waals surface area contributed by atoms with Crippen LogP contribution in [-0.2, 0) is 13.2 Å². The van der Waals surface area contributed by atoms with E-state index in [9.17, 15) is 0 Å². The van der Waals surface area contributed by atoms with Crippen LogP contribution in [-0.4, -0.2) is 19.9 Å². The minimum absolute atomic E-state index is 0.349. The van der Waals surface area contributed by atoms with Gasteiger partial charge in [0, 0.05) is 24.8 Å². The fourth-order valence-electron chi connectivity index (χ4n) is 1.68. The van der Waals surface area contributed by atoms with E-state index in [1.165, 1.54) is 0 Å². The van der Waals surface area contributed by atoms with Crippen molar-refractivity contribution in [3.8, 4) is 11.5 Å². The Balaban J connectivity index is 1.64. The van der Waals surface area contributed by atoms with Crippen molar-refractivity contribution in [3.05, 3.63) is 60.7 Å². The van der Waals surface area contributed by atoms with Gasteiger partial charge in [-0.25, -0.2) is 9.97 Å². The number of aromatic nitrogens is 4. The molecule has 101 valence electrons. The Hall–Kier alpha value is -2.76. The fourth-order valence-corrected chi connectivity index (χ4v) is 1.68. The predicted molar refractivity (Wildman–Crippen MR) is 71.1 cm³/mol. The molecule has 3 aromatic rings. The second kappa shape index (κ2) is 5.92. The Bertz CT molecular complexity index is 578. The van der Waals surface area contributed by atoms with Crippen LogP contribution in [0.5, 0.6) is 11.5 Å². The van der Waals surface area contributed by atoms with Crippen LogP contribution < -0.4 is 9.47 Å². The molecule has 1 radical (unpaired) electrons. The van der Waals surface area contributed by atoms with Crippen molar-refractivity contribution in [2.75, 3.05) is 0 Å².